The predicted molar refractivity (Wildman–Crippen MR) is 60.4 cm³/mol. The summed E-state index contributed by atoms with van der Waals surface area (Å²) in [6, 6.07) is 4.57. The molecule has 0 fully saturated rings. The molecule has 0 radical (unpaired) electrons. The Balaban J connectivity index is 2.49. The Hall–Kier alpha value is -0.700. The molecule has 1 unspecified atom stereocenters. The maximum atomic E-state index is 4.28. The van der Waals surface area contributed by atoms with E-state index in [9.17, 15) is 0 Å². The van der Waals surface area contributed by atoms with Crippen LogP contribution in [0.25, 0.3) is 0 Å². The number of nitrogens with zero attached hydrogens (tertiary/aromatic N) is 1. The lowest BCUT2D eigenvalue weighted by Gasteiger charge is -2.12. The fourth-order valence-corrected chi connectivity index (χ4v) is 1.68. The third-order valence-corrected chi connectivity index (χ3v) is 2.56. The van der Waals surface area contributed by atoms with Gasteiger partial charge in [0.05, 0.1) is 0 Å². The van der Waals surface area contributed by atoms with Gasteiger partial charge in [-0.1, -0.05) is 6.07 Å². The fourth-order valence-electron chi connectivity index (χ4n) is 1.10. The summed E-state index contributed by atoms with van der Waals surface area (Å²) in [5.41, 5.74) is 1.20. The third-order valence-electron chi connectivity index (χ3n) is 1.72. The highest BCUT2D eigenvalue weighted by Crippen LogP contribution is 2.07. The van der Waals surface area contributed by atoms with Crippen molar-refractivity contribution in [2.75, 3.05) is 17.3 Å². The van der Waals surface area contributed by atoms with Crippen molar-refractivity contribution in [3.63, 3.8) is 0 Å². The lowest BCUT2D eigenvalue weighted by molar-refractivity contribution is 0.902. The number of anilines is 1. The molecule has 0 amide bonds. The minimum atomic E-state index is 0.477. The van der Waals surface area contributed by atoms with Crippen LogP contribution in [0.5, 0.6) is 0 Å². The number of thioether (sulfide) groups is 1. The lowest BCUT2D eigenvalue weighted by atomic mass is 10.3. The van der Waals surface area contributed by atoms with Gasteiger partial charge in [-0.15, -0.1) is 0 Å². The van der Waals surface area contributed by atoms with Gasteiger partial charge in [-0.25, -0.2) is 4.98 Å². The van der Waals surface area contributed by atoms with Crippen LogP contribution in [-0.4, -0.2) is 23.0 Å². The van der Waals surface area contributed by atoms with Crippen molar-refractivity contribution in [2.45, 2.75) is 19.9 Å². The highest BCUT2D eigenvalue weighted by molar-refractivity contribution is 7.98. The van der Waals surface area contributed by atoms with E-state index in [0.717, 1.165) is 11.6 Å². The van der Waals surface area contributed by atoms with Crippen molar-refractivity contribution in [3.8, 4) is 0 Å². The fraction of sp³-hybridized carbons (Fsp3) is 0.500. The number of aromatic nitrogens is 1. The van der Waals surface area contributed by atoms with Crippen molar-refractivity contribution in [1.29, 1.82) is 0 Å². The molecular weight excluding hydrogens is 180 g/mol. The normalized spacial score (nSPS) is 12.5. The molecule has 0 aromatic carbocycles. The molecule has 0 saturated carbocycles. The minimum Gasteiger partial charge on any atom is -0.367 e. The Morgan fingerprint density at radius 2 is 2.31 bits per heavy atom. The van der Waals surface area contributed by atoms with Gasteiger partial charge in [0.1, 0.15) is 5.82 Å². The van der Waals surface area contributed by atoms with Crippen LogP contribution in [0.1, 0.15) is 12.5 Å². The van der Waals surface area contributed by atoms with Gasteiger partial charge in [0, 0.05) is 18.0 Å². The second-order valence-electron chi connectivity index (χ2n) is 3.22. The number of aryl methyl sites for hydroxylation is 1. The van der Waals surface area contributed by atoms with E-state index in [0.29, 0.717) is 6.04 Å². The van der Waals surface area contributed by atoms with E-state index in [4.69, 9.17) is 0 Å². The number of hydrogen-bond donors (Lipinski definition) is 1. The lowest BCUT2D eigenvalue weighted by Crippen LogP contribution is -2.18. The summed E-state index contributed by atoms with van der Waals surface area (Å²) in [4.78, 5) is 4.28. The largest absolute Gasteiger partial charge is 0.367 e. The van der Waals surface area contributed by atoms with E-state index in [1.165, 1.54) is 5.56 Å². The number of nitrogens with one attached hydrogen (secondary N) is 1. The third kappa shape index (κ3) is 3.68. The van der Waals surface area contributed by atoms with Gasteiger partial charge < -0.3 is 5.32 Å². The van der Waals surface area contributed by atoms with Gasteiger partial charge in [-0.2, -0.15) is 11.8 Å². The first-order valence-electron chi connectivity index (χ1n) is 4.40. The Labute approximate surface area is 84.1 Å². The molecular formula is C10H16N2S. The topological polar surface area (TPSA) is 24.9 Å². The number of hydrogen-bond acceptors (Lipinski definition) is 3. The van der Waals surface area contributed by atoms with E-state index >= 15 is 0 Å². The zero-order valence-corrected chi connectivity index (χ0v) is 9.19. The molecule has 0 saturated heterocycles. The number of rotatable bonds is 4. The zero-order chi connectivity index (χ0) is 9.68. The molecule has 0 bridgehead atoms. The molecule has 1 N–H and O–H groups in total. The maximum absolute atomic E-state index is 4.28. The van der Waals surface area contributed by atoms with Crippen molar-refractivity contribution < 1.29 is 0 Å². The smallest absolute Gasteiger partial charge is 0.126 e. The average molecular weight is 196 g/mol. The van der Waals surface area contributed by atoms with Gasteiger partial charge in [0.25, 0.3) is 0 Å². The van der Waals surface area contributed by atoms with Crippen LogP contribution < -0.4 is 5.32 Å². The molecule has 13 heavy (non-hydrogen) atoms. The maximum Gasteiger partial charge on any atom is 0.126 e. The van der Waals surface area contributed by atoms with Crippen LogP contribution in [0.4, 0.5) is 5.82 Å². The first-order valence-corrected chi connectivity index (χ1v) is 5.80. The minimum absolute atomic E-state index is 0.477. The molecule has 72 valence electrons. The summed E-state index contributed by atoms with van der Waals surface area (Å²) in [5, 5.41) is 3.34. The van der Waals surface area contributed by atoms with Gasteiger partial charge in [-0.05, 0) is 31.7 Å². The molecule has 2 nitrogen and oxygen atoms in total. The molecule has 3 heteroatoms. The monoisotopic (exact) mass is 196 g/mol. The summed E-state index contributed by atoms with van der Waals surface area (Å²) in [6.07, 6.45) is 3.99. The molecule has 0 aliphatic rings. The van der Waals surface area contributed by atoms with Gasteiger partial charge in [-0.3, -0.25) is 0 Å². The highest BCUT2D eigenvalue weighted by atomic mass is 32.2. The Bertz CT molecular complexity index is 246. The van der Waals surface area contributed by atoms with E-state index in [2.05, 4.69) is 29.5 Å². The van der Waals surface area contributed by atoms with Crippen LogP contribution in [0.3, 0.4) is 0 Å². The first kappa shape index (κ1) is 10.4. The van der Waals surface area contributed by atoms with Crippen LogP contribution in [0.15, 0.2) is 18.3 Å². The molecule has 1 heterocycles. The molecule has 1 aromatic rings. The Morgan fingerprint density at radius 3 is 2.85 bits per heavy atom. The van der Waals surface area contributed by atoms with E-state index in [1.54, 1.807) is 0 Å². The van der Waals surface area contributed by atoms with E-state index < -0.39 is 0 Å². The van der Waals surface area contributed by atoms with Crippen molar-refractivity contribution in [2.24, 2.45) is 0 Å². The van der Waals surface area contributed by atoms with Crippen LogP contribution >= 0.6 is 11.8 Å². The Kier molecular flexibility index (Phi) is 4.09. The standard InChI is InChI=1S/C10H16N2S/c1-8-4-5-10(11-6-8)12-9(2)7-13-3/h4-6,9H,7H2,1-3H3,(H,11,12). The van der Waals surface area contributed by atoms with Crippen LogP contribution in [-0.2, 0) is 0 Å². The predicted octanol–water partition coefficient (Wildman–Crippen LogP) is 2.55. The van der Waals surface area contributed by atoms with Crippen molar-refractivity contribution in [3.05, 3.63) is 23.9 Å². The first-order chi connectivity index (χ1) is 6.22. The van der Waals surface area contributed by atoms with Gasteiger partial charge in [0.2, 0.25) is 0 Å². The van der Waals surface area contributed by atoms with Crippen molar-refractivity contribution in [1.82, 2.24) is 4.98 Å². The molecule has 1 rings (SSSR count). The second kappa shape index (κ2) is 5.12. The van der Waals surface area contributed by atoms with Crippen LogP contribution in [0, 0.1) is 6.92 Å². The van der Waals surface area contributed by atoms with Gasteiger partial charge in [0.15, 0.2) is 0 Å². The summed E-state index contributed by atoms with van der Waals surface area (Å²) >= 11 is 1.84. The molecule has 0 aliphatic carbocycles. The van der Waals surface area contributed by atoms with Crippen molar-refractivity contribution >= 4 is 17.6 Å². The molecule has 1 aromatic heterocycles. The summed E-state index contributed by atoms with van der Waals surface area (Å²) in [7, 11) is 0. The van der Waals surface area contributed by atoms with Gasteiger partial charge >= 0.3 is 0 Å². The molecule has 0 aliphatic heterocycles. The highest BCUT2D eigenvalue weighted by Gasteiger charge is 2.00. The second-order valence-corrected chi connectivity index (χ2v) is 4.13. The zero-order valence-electron chi connectivity index (χ0n) is 8.37. The summed E-state index contributed by atoms with van der Waals surface area (Å²) in [6.45, 7) is 4.21. The SMILES string of the molecule is CSCC(C)Nc1ccc(C)cn1. The summed E-state index contributed by atoms with van der Waals surface area (Å²) in [5.74, 6) is 2.07. The molecule has 0 spiro atoms. The number of pyridine rings is 1. The van der Waals surface area contributed by atoms with Crippen LogP contribution in [0.2, 0.25) is 0 Å². The van der Waals surface area contributed by atoms with E-state index in [1.807, 2.05) is 30.9 Å². The average Bonchev–Trinajstić information content (AvgIpc) is 2.09. The van der Waals surface area contributed by atoms with E-state index in [-0.39, 0.29) is 0 Å². The summed E-state index contributed by atoms with van der Waals surface area (Å²) < 4.78 is 0. The molecule has 1 atom stereocenters. The Morgan fingerprint density at radius 1 is 1.54 bits per heavy atom. The quantitative estimate of drug-likeness (QED) is 0.801.